The van der Waals surface area contributed by atoms with Crippen molar-refractivity contribution in [2.75, 3.05) is 0 Å². The molecule has 0 aliphatic rings. The first kappa shape index (κ1) is 16.4. The van der Waals surface area contributed by atoms with Crippen LogP contribution < -0.4 is 5.73 Å². The highest BCUT2D eigenvalue weighted by Crippen LogP contribution is 2.27. The van der Waals surface area contributed by atoms with Crippen LogP contribution in [0.4, 0.5) is 4.39 Å². The Morgan fingerprint density at radius 3 is 2.40 bits per heavy atom. The molecule has 0 heterocycles. The molecule has 0 aliphatic carbocycles. The van der Waals surface area contributed by atoms with Crippen LogP contribution in [0.3, 0.4) is 0 Å². The largest absolute Gasteiger partial charge is 0.478 e. The molecule has 0 bridgehead atoms. The van der Waals surface area contributed by atoms with E-state index < -0.39 is 48.3 Å². The van der Waals surface area contributed by atoms with Gasteiger partial charge >= 0.3 is 5.97 Å². The van der Waals surface area contributed by atoms with Crippen molar-refractivity contribution in [2.45, 2.75) is 23.5 Å². The quantitative estimate of drug-likeness (QED) is 0.845. The molecule has 0 aliphatic heterocycles. The zero-order chi connectivity index (χ0) is 15.7. The van der Waals surface area contributed by atoms with Crippen molar-refractivity contribution in [3.8, 4) is 0 Å². The second-order valence-electron chi connectivity index (χ2n) is 3.92. The van der Waals surface area contributed by atoms with Gasteiger partial charge in [-0.2, -0.15) is 0 Å². The number of carbonyl (C=O) groups excluding carboxylic acids is 1. The van der Waals surface area contributed by atoms with E-state index in [0.29, 0.717) is 12.1 Å². The topological polar surface area (TPSA) is 115 Å². The van der Waals surface area contributed by atoms with Crippen LogP contribution in [0.2, 0.25) is 5.02 Å². The van der Waals surface area contributed by atoms with Crippen molar-refractivity contribution in [3.63, 3.8) is 0 Å². The third kappa shape index (κ3) is 2.91. The Balaban J connectivity index is 3.55. The molecule has 1 rings (SSSR count). The lowest BCUT2D eigenvalue weighted by atomic mass is 10.2. The summed E-state index contributed by atoms with van der Waals surface area (Å²) in [6, 6.07) is 1.27. The van der Waals surface area contributed by atoms with Crippen molar-refractivity contribution in [1.29, 1.82) is 0 Å². The summed E-state index contributed by atoms with van der Waals surface area (Å²) in [6.45, 7) is 1.41. The number of primary amides is 1. The van der Waals surface area contributed by atoms with Crippen LogP contribution >= 0.6 is 11.6 Å². The molecule has 110 valence electrons. The summed E-state index contributed by atoms with van der Waals surface area (Å²) in [6.07, 6.45) is -0.121. The molecule has 0 aromatic heterocycles. The van der Waals surface area contributed by atoms with Crippen LogP contribution in [0.25, 0.3) is 0 Å². The van der Waals surface area contributed by atoms with Crippen LogP contribution in [0.15, 0.2) is 17.0 Å². The van der Waals surface area contributed by atoms with Gasteiger partial charge in [0.2, 0.25) is 5.91 Å². The first-order chi connectivity index (χ1) is 9.12. The monoisotopic (exact) mass is 323 g/mol. The minimum Gasteiger partial charge on any atom is -0.478 e. The number of rotatable bonds is 5. The lowest BCUT2D eigenvalue weighted by Crippen LogP contribution is -2.35. The van der Waals surface area contributed by atoms with Gasteiger partial charge in [0, 0.05) is 0 Å². The van der Waals surface area contributed by atoms with Crippen molar-refractivity contribution < 1.29 is 27.5 Å². The van der Waals surface area contributed by atoms with Crippen molar-refractivity contribution in [1.82, 2.24) is 0 Å². The third-order valence-corrected chi connectivity index (χ3v) is 5.22. The van der Waals surface area contributed by atoms with E-state index in [1.807, 2.05) is 0 Å². The Bertz CT molecular complexity index is 674. The molecule has 1 unspecified atom stereocenters. The van der Waals surface area contributed by atoms with Gasteiger partial charge in [0.25, 0.3) is 0 Å². The van der Waals surface area contributed by atoms with Crippen LogP contribution in [-0.2, 0) is 14.6 Å². The van der Waals surface area contributed by atoms with E-state index in [4.69, 9.17) is 22.4 Å². The van der Waals surface area contributed by atoms with E-state index in [1.165, 1.54) is 6.92 Å². The lowest BCUT2D eigenvalue weighted by molar-refractivity contribution is -0.117. The van der Waals surface area contributed by atoms with Gasteiger partial charge in [0.15, 0.2) is 9.84 Å². The molecule has 0 saturated heterocycles. The molecule has 20 heavy (non-hydrogen) atoms. The van der Waals surface area contributed by atoms with Crippen molar-refractivity contribution >= 4 is 33.3 Å². The van der Waals surface area contributed by atoms with Crippen molar-refractivity contribution in [2.24, 2.45) is 5.73 Å². The molecular formula is C11H11ClFNO5S. The van der Waals surface area contributed by atoms with Gasteiger partial charge in [-0.3, -0.25) is 4.79 Å². The SMILES string of the molecule is CCC(C(N)=O)S(=O)(=O)c1cc(F)c(Cl)c(C(=O)O)c1. The molecule has 0 saturated carbocycles. The highest BCUT2D eigenvalue weighted by molar-refractivity contribution is 7.92. The van der Waals surface area contributed by atoms with Crippen LogP contribution in [-0.4, -0.2) is 30.7 Å². The number of sulfone groups is 1. The van der Waals surface area contributed by atoms with Crippen LogP contribution in [0.5, 0.6) is 0 Å². The molecule has 0 fully saturated rings. The second-order valence-corrected chi connectivity index (χ2v) is 6.42. The number of hydrogen-bond donors (Lipinski definition) is 2. The smallest absolute Gasteiger partial charge is 0.337 e. The van der Waals surface area contributed by atoms with Crippen LogP contribution in [0.1, 0.15) is 23.7 Å². The molecule has 6 nitrogen and oxygen atoms in total. The van der Waals surface area contributed by atoms with Gasteiger partial charge < -0.3 is 10.8 Å². The van der Waals surface area contributed by atoms with Gasteiger partial charge in [0.05, 0.1) is 15.5 Å². The number of aromatic carboxylic acids is 1. The summed E-state index contributed by atoms with van der Waals surface area (Å²) >= 11 is 5.44. The minimum atomic E-state index is -4.28. The fraction of sp³-hybridized carbons (Fsp3) is 0.273. The Kier molecular flexibility index (Phi) is 4.72. The average Bonchev–Trinajstić information content (AvgIpc) is 2.31. The van der Waals surface area contributed by atoms with E-state index >= 15 is 0 Å². The highest BCUT2D eigenvalue weighted by Gasteiger charge is 2.32. The zero-order valence-corrected chi connectivity index (χ0v) is 11.8. The maximum absolute atomic E-state index is 13.5. The van der Waals surface area contributed by atoms with Gasteiger partial charge in [0.1, 0.15) is 11.1 Å². The van der Waals surface area contributed by atoms with E-state index in [9.17, 15) is 22.4 Å². The minimum absolute atomic E-state index is 0.121. The van der Waals surface area contributed by atoms with E-state index in [0.717, 1.165) is 0 Å². The first-order valence-electron chi connectivity index (χ1n) is 5.38. The molecular weight excluding hydrogens is 313 g/mol. The number of amides is 1. The van der Waals surface area contributed by atoms with Gasteiger partial charge in [-0.15, -0.1) is 0 Å². The molecule has 3 N–H and O–H groups in total. The fourth-order valence-electron chi connectivity index (χ4n) is 1.62. The maximum atomic E-state index is 13.5. The predicted octanol–water partition coefficient (Wildman–Crippen LogP) is 1.21. The summed E-state index contributed by atoms with van der Waals surface area (Å²) in [7, 11) is -4.28. The van der Waals surface area contributed by atoms with E-state index in [-0.39, 0.29) is 6.42 Å². The molecule has 0 radical (unpaired) electrons. The molecule has 9 heteroatoms. The average molecular weight is 324 g/mol. The maximum Gasteiger partial charge on any atom is 0.337 e. The Hall–Kier alpha value is -1.67. The summed E-state index contributed by atoms with van der Waals surface area (Å²) in [5.74, 6) is -3.89. The summed E-state index contributed by atoms with van der Waals surface area (Å²) in [5.41, 5.74) is 4.28. The molecule has 1 aromatic carbocycles. The fourth-order valence-corrected chi connectivity index (χ4v) is 3.43. The first-order valence-corrected chi connectivity index (χ1v) is 7.30. The predicted molar refractivity (Wildman–Crippen MR) is 68.8 cm³/mol. The Labute approximate surface area is 119 Å². The summed E-state index contributed by atoms with van der Waals surface area (Å²) in [5, 5.41) is 6.58. The number of carbonyl (C=O) groups is 2. The number of hydrogen-bond acceptors (Lipinski definition) is 4. The summed E-state index contributed by atoms with van der Waals surface area (Å²) < 4.78 is 37.8. The number of carboxylic acids is 1. The highest BCUT2D eigenvalue weighted by atomic mass is 35.5. The summed E-state index contributed by atoms with van der Waals surface area (Å²) in [4.78, 5) is 21.4. The van der Waals surface area contributed by atoms with E-state index in [1.54, 1.807) is 0 Å². The number of carboxylic acid groups (broad SMARTS) is 1. The number of nitrogens with two attached hydrogens (primary N) is 1. The number of benzene rings is 1. The van der Waals surface area contributed by atoms with Gasteiger partial charge in [-0.05, 0) is 18.6 Å². The standard InChI is InChI=1S/C11H11ClFNO5S/c1-2-8(10(14)15)20(18,19)5-3-6(11(16)17)9(12)7(13)4-5/h3-4,8H,2H2,1H3,(H2,14,15)(H,16,17). The molecule has 0 spiro atoms. The van der Waals surface area contributed by atoms with Crippen molar-refractivity contribution in [3.05, 3.63) is 28.5 Å². The molecule has 1 atom stereocenters. The number of halogens is 2. The molecule has 1 aromatic rings. The van der Waals surface area contributed by atoms with Crippen LogP contribution in [0, 0.1) is 5.82 Å². The van der Waals surface area contributed by atoms with E-state index in [2.05, 4.69) is 0 Å². The zero-order valence-electron chi connectivity index (χ0n) is 10.3. The third-order valence-electron chi connectivity index (χ3n) is 2.62. The van der Waals surface area contributed by atoms with Gasteiger partial charge in [-0.1, -0.05) is 18.5 Å². The second kappa shape index (κ2) is 5.76. The van der Waals surface area contributed by atoms with Gasteiger partial charge in [-0.25, -0.2) is 17.6 Å². The Morgan fingerprint density at radius 2 is 2.00 bits per heavy atom. The normalized spacial score (nSPS) is 12.9. The molecule has 1 amide bonds. The Morgan fingerprint density at radius 1 is 1.45 bits per heavy atom. The lowest BCUT2D eigenvalue weighted by Gasteiger charge is -2.13.